The molecule has 3 aromatic rings. The number of nitrogens with zero attached hydrogens (tertiary/aromatic N) is 1. The molecule has 0 aromatic heterocycles. The first-order chi connectivity index (χ1) is 15.9. The molecule has 6 rings (SSSR count). The molecular formula is C30H34N2. The van der Waals surface area contributed by atoms with Gasteiger partial charge < -0.3 is 5.32 Å². The van der Waals surface area contributed by atoms with Crippen molar-refractivity contribution in [2.24, 2.45) is 5.92 Å². The fourth-order valence-electron chi connectivity index (χ4n) is 7.11. The van der Waals surface area contributed by atoms with E-state index in [1.54, 1.807) is 0 Å². The van der Waals surface area contributed by atoms with Gasteiger partial charge in [0.15, 0.2) is 0 Å². The summed E-state index contributed by atoms with van der Waals surface area (Å²) in [7, 11) is 0. The summed E-state index contributed by atoms with van der Waals surface area (Å²) < 4.78 is 0. The number of hydrogen-bond donors (Lipinski definition) is 1. The summed E-state index contributed by atoms with van der Waals surface area (Å²) in [5.41, 5.74) is 4.30. The number of benzene rings is 3. The van der Waals surface area contributed by atoms with Gasteiger partial charge in [0.2, 0.25) is 0 Å². The largest absolute Gasteiger partial charge is 0.308 e. The normalized spacial score (nSPS) is 31.0. The van der Waals surface area contributed by atoms with Crippen molar-refractivity contribution < 1.29 is 0 Å². The van der Waals surface area contributed by atoms with Crippen molar-refractivity contribution in [2.45, 2.75) is 68.7 Å². The smallest absolute Gasteiger partial charge is 0.0364 e. The van der Waals surface area contributed by atoms with Crippen molar-refractivity contribution in [3.8, 4) is 0 Å². The molecule has 6 atom stereocenters. The molecule has 4 bridgehead atoms. The number of hydrogen-bond acceptors (Lipinski definition) is 2. The zero-order valence-electron chi connectivity index (χ0n) is 18.8. The summed E-state index contributed by atoms with van der Waals surface area (Å²) in [5, 5.41) is 4.06. The lowest BCUT2D eigenvalue weighted by Gasteiger charge is -2.52. The highest BCUT2D eigenvalue weighted by atomic mass is 15.3. The van der Waals surface area contributed by atoms with Crippen molar-refractivity contribution in [3.05, 3.63) is 108 Å². The van der Waals surface area contributed by atoms with Crippen LogP contribution in [-0.2, 0) is 6.54 Å². The molecule has 3 aromatic carbocycles. The van der Waals surface area contributed by atoms with Gasteiger partial charge in [0.25, 0.3) is 0 Å². The van der Waals surface area contributed by atoms with Crippen LogP contribution in [0.15, 0.2) is 91.0 Å². The molecule has 3 aliphatic rings. The monoisotopic (exact) mass is 422 g/mol. The quantitative estimate of drug-likeness (QED) is 0.525. The van der Waals surface area contributed by atoms with Gasteiger partial charge in [-0.2, -0.15) is 0 Å². The third-order valence-electron chi connectivity index (χ3n) is 8.34. The average Bonchev–Trinajstić information content (AvgIpc) is 2.98. The third-order valence-corrected chi connectivity index (χ3v) is 8.34. The lowest BCUT2D eigenvalue weighted by Crippen LogP contribution is -2.61. The molecule has 0 spiro atoms. The Morgan fingerprint density at radius 2 is 1.38 bits per heavy atom. The molecule has 3 fully saturated rings. The predicted octanol–water partition coefficient (Wildman–Crippen LogP) is 5.99. The molecule has 0 saturated carbocycles. The van der Waals surface area contributed by atoms with E-state index in [-0.39, 0.29) is 0 Å². The van der Waals surface area contributed by atoms with E-state index < -0.39 is 0 Å². The summed E-state index contributed by atoms with van der Waals surface area (Å²) in [4.78, 5) is 2.99. The fraction of sp³-hybridized carbons (Fsp3) is 0.400. The first-order valence-electron chi connectivity index (χ1n) is 12.5. The Morgan fingerprint density at radius 3 is 2.03 bits per heavy atom. The minimum absolute atomic E-state index is 0.396. The zero-order valence-corrected chi connectivity index (χ0v) is 18.8. The van der Waals surface area contributed by atoms with E-state index in [0.29, 0.717) is 18.0 Å². The Labute approximate surface area is 192 Å². The Bertz CT molecular complexity index is 963. The van der Waals surface area contributed by atoms with Gasteiger partial charge in [-0.25, -0.2) is 0 Å². The average molecular weight is 423 g/mol. The molecule has 0 amide bonds. The van der Waals surface area contributed by atoms with E-state index in [1.165, 1.54) is 48.8 Å². The third kappa shape index (κ3) is 3.70. The summed E-state index contributed by atoms with van der Waals surface area (Å²) in [6.45, 7) is 0.953. The maximum atomic E-state index is 4.06. The summed E-state index contributed by atoms with van der Waals surface area (Å²) >= 11 is 0. The Morgan fingerprint density at radius 1 is 0.750 bits per heavy atom. The Hall–Kier alpha value is -2.42. The minimum Gasteiger partial charge on any atom is -0.308 e. The topological polar surface area (TPSA) is 15.3 Å². The molecule has 164 valence electrons. The van der Waals surface area contributed by atoms with Gasteiger partial charge in [-0.05, 0) is 48.3 Å². The maximum absolute atomic E-state index is 4.06. The number of nitrogens with one attached hydrogen (secondary N) is 1. The van der Waals surface area contributed by atoms with Crippen LogP contribution in [0, 0.1) is 5.92 Å². The molecule has 3 aliphatic heterocycles. The summed E-state index contributed by atoms with van der Waals surface area (Å²) in [6, 6.07) is 36.0. The van der Waals surface area contributed by atoms with Gasteiger partial charge in [-0.1, -0.05) is 97.4 Å². The molecule has 0 aliphatic carbocycles. The lowest BCUT2D eigenvalue weighted by molar-refractivity contribution is 0.0151. The highest BCUT2D eigenvalue weighted by Gasteiger charge is 2.54. The van der Waals surface area contributed by atoms with E-state index in [4.69, 9.17) is 0 Å². The van der Waals surface area contributed by atoms with Crippen molar-refractivity contribution in [1.82, 2.24) is 10.2 Å². The Kier molecular flexibility index (Phi) is 5.58. The predicted molar refractivity (Wildman–Crippen MR) is 132 cm³/mol. The number of piperidine rings is 2. The van der Waals surface area contributed by atoms with Crippen molar-refractivity contribution in [2.75, 3.05) is 0 Å². The molecule has 4 unspecified atom stereocenters. The van der Waals surface area contributed by atoms with Gasteiger partial charge in [0, 0.05) is 36.6 Å². The number of rotatable bonds is 6. The van der Waals surface area contributed by atoms with Crippen LogP contribution in [0.25, 0.3) is 0 Å². The molecule has 3 heterocycles. The molecule has 2 nitrogen and oxygen atoms in total. The molecule has 3 saturated heterocycles. The van der Waals surface area contributed by atoms with Crippen LogP contribution in [0.5, 0.6) is 0 Å². The standard InChI is InChI=1S/C30H34N2/c1-4-11-22(12-5-1)21-31-27-20-25-19-26-17-10-18-28(25)32(26)30(27)29(23-13-6-2-7-14-23)24-15-8-3-9-16-24/h1-9,11-16,25-31H,10,17-21H2/t25-,26+,27?,28?,30?/m0/s1. The van der Waals surface area contributed by atoms with Crippen molar-refractivity contribution in [1.29, 1.82) is 0 Å². The van der Waals surface area contributed by atoms with Crippen LogP contribution in [0.1, 0.15) is 54.7 Å². The van der Waals surface area contributed by atoms with Gasteiger partial charge in [0.05, 0.1) is 0 Å². The second kappa shape index (κ2) is 8.84. The highest BCUT2D eigenvalue weighted by Crippen LogP contribution is 2.51. The van der Waals surface area contributed by atoms with Crippen LogP contribution in [0.3, 0.4) is 0 Å². The van der Waals surface area contributed by atoms with Crippen LogP contribution >= 0.6 is 0 Å². The van der Waals surface area contributed by atoms with Gasteiger partial charge in [-0.15, -0.1) is 0 Å². The first-order valence-corrected chi connectivity index (χ1v) is 12.5. The van der Waals surface area contributed by atoms with Crippen LogP contribution < -0.4 is 5.32 Å². The van der Waals surface area contributed by atoms with Crippen molar-refractivity contribution >= 4 is 0 Å². The lowest BCUT2D eigenvalue weighted by atomic mass is 9.74. The fourth-order valence-corrected chi connectivity index (χ4v) is 7.11. The molecule has 2 heteroatoms. The van der Waals surface area contributed by atoms with Crippen molar-refractivity contribution in [3.63, 3.8) is 0 Å². The Balaban J connectivity index is 1.40. The first kappa shape index (κ1) is 20.2. The molecular weight excluding hydrogens is 388 g/mol. The SMILES string of the molecule is c1ccc(CNC2C[C@@H]3C[C@H]4CCCC3N4C2C(c2ccccc2)c2ccccc2)cc1. The summed E-state index contributed by atoms with van der Waals surface area (Å²) in [6.07, 6.45) is 6.90. The van der Waals surface area contributed by atoms with E-state index in [1.807, 2.05) is 0 Å². The van der Waals surface area contributed by atoms with E-state index in [9.17, 15) is 0 Å². The van der Waals surface area contributed by atoms with Crippen LogP contribution in [0.2, 0.25) is 0 Å². The second-order valence-corrected chi connectivity index (χ2v) is 10.1. The molecule has 1 N–H and O–H groups in total. The minimum atomic E-state index is 0.396. The van der Waals surface area contributed by atoms with E-state index in [2.05, 4.69) is 101 Å². The van der Waals surface area contributed by atoms with Gasteiger partial charge in [0.1, 0.15) is 0 Å². The van der Waals surface area contributed by atoms with E-state index >= 15 is 0 Å². The van der Waals surface area contributed by atoms with Gasteiger partial charge >= 0.3 is 0 Å². The van der Waals surface area contributed by atoms with Crippen LogP contribution in [0.4, 0.5) is 0 Å². The molecule has 32 heavy (non-hydrogen) atoms. The second-order valence-electron chi connectivity index (χ2n) is 10.1. The zero-order chi connectivity index (χ0) is 21.3. The summed E-state index contributed by atoms with van der Waals surface area (Å²) in [5.74, 6) is 1.26. The maximum Gasteiger partial charge on any atom is 0.0364 e. The van der Waals surface area contributed by atoms with Crippen LogP contribution in [-0.4, -0.2) is 29.1 Å². The van der Waals surface area contributed by atoms with E-state index in [0.717, 1.165) is 24.5 Å². The van der Waals surface area contributed by atoms with Gasteiger partial charge in [-0.3, -0.25) is 4.90 Å². The highest BCUT2D eigenvalue weighted by molar-refractivity contribution is 5.36. The molecule has 0 radical (unpaired) electrons.